The predicted octanol–water partition coefficient (Wildman–Crippen LogP) is 3.42. The number of hydrogen-bond donors (Lipinski definition) is 2. The Bertz CT molecular complexity index is 581. The average molecular weight is 270 g/mol. The SMILES string of the molecule is COc1cccc(NC(CN)c2cc(C)ccc2C)c1. The van der Waals surface area contributed by atoms with Crippen molar-refractivity contribution in [3.8, 4) is 5.75 Å². The van der Waals surface area contributed by atoms with Crippen molar-refractivity contribution in [3.05, 3.63) is 59.2 Å². The Labute approximate surface area is 120 Å². The Morgan fingerprint density at radius 1 is 1.15 bits per heavy atom. The lowest BCUT2D eigenvalue weighted by molar-refractivity contribution is 0.415. The molecule has 1 unspecified atom stereocenters. The first kappa shape index (κ1) is 14.4. The summed E-state index contributed by atoms with van der Waals surface area (Å²) in [6, 6.07) is 14.5. The van der Waals surface area contributed by atoms with Crippen molar-refractivity contribution in [2.75, 3.05) is 19.0 Å². The summed E-state index contributed by atoms with van der Waals surface area (Å²) in [5.74, 6) is 0.840. The van der Waals surface area contributed by atoms with E-state index in [4.69, 9.17) is 10.5 Å². The number of nitrogens with one attached hydrogen (secondary N) is 1. The van der Waals surface area contributed by atoms with Crippen LogP contribution in [-0.4, -0.2) is 13.7 Å². The Kier molecular flexibility index (Phi) is 4.64. The summed E-state index contributed by atoms with van der Waals surface area (Å²) in [6.07, 6.45) is 0. The molecule has 2 rings (SSSR count). The normalized spacial score (nSPS) is 12.0. The second kappa shape index (κ2) is 6.44. The number of methoxy groups -OCH3 is 1. The van der Waals surface area contributed by atoms with Gasteiger partial charge in [-0.05, 0) is 37.1 Å². The average Bonchev–Trinajstić information content (AvgIpc) is 2.47. The summed E-state index contributed by atoms with van der Waals surface area (Å²) in [5, 5.41) is 3.48. The van der Waals surface area contributed by atoms with E-state index in [9.17, 15) is 0 Å². The summed E-state index contributed by atoms with van der Waals surface area (Å²) in [7, 11) is 1.67. The minimum atomic E-state index is 0.0991. The molecule has 0 amide bonds. The van der Waals surface area contributed by atoms with Crippen LogP contribution in [0.5, 0.6) is 5.75 Å². The molecular weight excluding hydrogens is 248 g/mol. The van der Waals surface area contributed by atoms with Crippen LogP contribution in [0.3, 0.4) is 0 Å². The highest BCUT2D eigenvalue weighted by molar-refractivity contribution is 5.51. The van der Waals surface area contributed by atoms with Gasteiger partial charge in [-0.3, -0.25) is 0 Å². The van der Waals surface area contributed by atoms with Gasteiger partial charge in [0.25, 0.3) is 0 Å². The van der Waals surface area contributed by atoms with E-state index in [1.807, 2.05) is 24.3 Å². The van der Waals surface area contributed by atoms with Gasteiger partial charge in [-0.25, -0.2) is 0 Å². The molecule has 2 aromatic rings. The fourth-order valence-corrected chi connectivity index (χ4v) is 2.31. The summed E-state index contributed by atoms with van der Waals surface area (Å²) in [4.78, 5) is 0. The topological polar surface area (TPSA) is 47.3 Å². The molecule has 3 nitrogen and oxygen atoms in total. The molecule has 0 aliphatic rings. The third-order valence-electron chi connectivity index (χ3n) is 3.46. The summed E-state index contributed by atoms with van der Waals surface area (Å²) >= 11 is 0. The first-order valence-corrected chi connectivity index (χ1v) is 6.82. The molecule has 3 N–H and O–H groups in total. The fraction of sp³-hybridized carbons (Fsp3) is 0.294. The number of hydrogen-bond acceptors (Lipinski definition) is 3. The van der Waals surface area contributed by atoms with Crippen LogP contribution in [0.2, 0.25) is 0 Å². The van der Waals surface area contributed by atoms with E-state index in [1.54, 1.807) is 7.11 Å². The predicted molar refractivity (Wildman–Crippen MR) is 84.3 cm³/mol. The quantitative estimate of drug-likeness (QED) is 0.875. The van der Waals surface area contributed by atoms with Gasteiger partial charge in [0, 0.05) is 18.3 Å². The van der Waals surface area contributed by atoms with Gasteiger partial charge in [0.1, 0.15) is 5.75 Å². The molecule has 0 radical (unpaired) electrons. The monoisotopic (exact) mass is 270 g/mol. The van der Waals surface area contributed by atoms with E-state index in [1.165, 1.54) is 16.7 Å². The number of aryl methyl sites for hydroxylation is 2. The van der Waals surface area contributed by atoms with Gasteiger partial charge in [0.15, 0.2) is 0 Å². The first-order valence-electron chi connectivity index (χ1n) is 6.82. The smallest absolute Gasteiger partial charge is 0.120 e. The van der Waals surface area contributed by atoms with Gasteiger partial charge < -0.3 is 15.8 Å². The Hall–Kier alpha value is -2.00. The maximum absolute atomic E-state index is 5.95. The number of rotatable bonds is 5. The summed E-state index contributed by atoms with van der Waals surface area (Å²) in [6.45, 7) is 4.76. The van der Waals surface area contributed by atoms with Crippen molar-refractivity contribution in [3.63, 3.8) is 0 Å². The van der Waals surface area contributed by atoms with Crippen LogP contribution >= 0.6 is 0 Å². The largest absolute Gasteiger partial charge is 0.497 e. The van der Waals surface area contributed by atoms with Crippen molar-refractivity contribution in [1.82, 2.24) is 0 Å². The van der Waals surface area contributed by atoms with Crippen molar-refractivity contribution in [2.45, 2.75) is 19.9 Å². The van der Waals surface area contributed by atoms with Crippen LogP contribution < -0.4 is 15.8 Å². The Morgan fingerprint density at radius 2 is 1.95 bits per heavy atom. The molecule has 1 atom stereocenters. The summed E-state index contributed by atoms with van der Waals surface area (Å²) < 4.78 is 5.25. The van der Waals surface area contributed by atoms with Crippen LogP contribution in [0.15, 0.2) is 42.5 Å². The van der Waals surface area contributed by atoms with Crippen LogP contribution in [0.25, 0.3) is 0 Å². The molecule has 0 fully saturated rings. The zero-order chi connectivity index (χ0) is 14.5. The molecular formula is C17H22N2O. The second-order valence-corrected chi connectivity index (χ2v) is 5.02. The molecule has 0 bridgehead atoms. The molecule has 0 aromatic heterocycles. The summed E-state index contributed by atoms with van der Waals surface area (Å²) in [5.41, 5.74) is 10.7. The highest BCUT2D eigenvalue weighted by Gasteiger charge is 2.12. The van der Waals surface area contributed by atoms with E-state index in [0.29, 0.717) is 6.54 Å². The number of benzene rings is 2. The molecule has 2 aromatic carbocycles. The lowest BCUT2D eigenvalue weighted by Gasteiger charge is -2.21. The van der Waals surface area contributed by atoms with Gasteiger partial charge in [-0.2, -0.15) is 0 Å². The van der Waals surface area contributed by atoms with Gasteiger partial charge in [0.2, 0.25) is 0 Å². The Morgan fingerprint density at radius 3 is 2.65 bits per heavy atom. The molecule has 0 aliphatic carbocycles. The maximum atomic E-state index is 5.95. The highest BCUT2D eigenvalue weighted by atomic mass is 16.5. The van der Waals surface area contributed by atoms with Gasteiger partial charge in [-0.15, -0.1) is 0 Å². The molecule has 0 saturated heterocycles. The van der Waals surface area contributed by atoms with Crippen LogP contribution in [0, 0.1) is 13.8 Å². The van der Waals surface area contributed by atoms with Crippen LogP contribution in [0.1, 0.15) is 22.7 Å². The first-order chi connectivity index (χ1) is 9.63. The van der Waals surface area contributed by atoms with E-state index < -0.39 is 0 Å². The van der Waals surface area contributed by atoms with E-state index in [0.717, 1.165) is 11.4 Å². The molecule has 3 heteroatoms. The fourth-order valence-electron chi connectivity index (χ4n) is 2.31. The van der Waals surface area contributed by atoms with Crippen molar-refractivity contribution < 1.29 is 4.74 Å². The Balaban J connectivity index is 2.26. The molecule has 0 spiro atoms. The molecule has 0 saturated carbocycles. The zero-order valence-electron chi connectivity index (χ0n) is 12.3. The highest BCUT2D eigenvalue weighted by Crippen LogP contribution is 2.25. The number of nitrogens with two attached hydrogens (primary N) is 1. The van der Waals surface area contributed by atoms with Crippen LogP contribution in [0.4, 0.5) is 5.69 Å². The molecule has 0 heterocycles. The van der Waals surface area contributed by atoms with Gasteiger partial charge >= 0.3 is 0 Å². The maximum Gasteiger partial charge on any atom is 0.120 e. The molecule has 106 valence electrons. The van der Waals surface area contributed by atoms with E-state index in [2.05, 4.69) is 37.4 Å². The number of ether oxygens (including phenoxy) is 1. The lowest BCUT2D eigenvalue weighted by atomic mass is 9.98. The lowest BCUT2D eigenvalue weighted by Crippen LogP contribution is -2.21. The van der Waals surface area contributed by atoms with Crippen LogP contribution in [-0.2, 0) is 0 Å². The van der Waals surface area contributed by atoms with Crippen molar-refractivity contribution >= 4 is 5.69 Å². The van der Waals surface area contributed by atoms with Gasteiger partial charge in [0.05, 0.1) is 13.2 Å². The van der Waals surface area contributed by atoms with E-state index in [-0.39, 0.29) is 6.04 Å². The second-order valence-electron chi connectivity index (χ2n) is 5.02. The van der Waals surface area contributed by atoms with Crippen molar-refractivity contribution in [1.29, 1.82) is 0 Å². The minimum absolute atomic E-state index is 0.0991. The third-order valence-corrected chi connectivity index (χ3v) is 3.46. The number of anilines is 1. The van der Waals surface area contributed by atoms with Crippen molar-refractivity contribution in [2.24, 2.45) is 5.73 Å². The van der Waals surface area contributed by atoms with Gasteiger partial charge in [-0.1, -0.05) is 29.8 Å². The molecule has 20 heavy (non-hydrogen) atoms. The standard InChI is InChI=1S/C17H22N2O/c1-12-7-8-13(2)16(9-12)17(11-18)19-14-5-4-6-15(10-14)20-3/h4-10,17,19H,11,18H2,1-3H3. The minimum Gasteiger partial charge on any atom is -0.497 e. The molecule has 0 aliphatic heterocycles. The zero-order valence-corrected chi connectivity index (χ0v) is 12.3. The third kappa shape index (κ3) is 3.31. The van der Waals surface area contributed by atoms with E-state index >= 15 is 0 Å².